The number of aromatic nitrogens is 2. The number of carbonyl (C=O) groups excluding carboxylic acids is 1. The summed E-state index contributed by atoms with van der Waals surface area (Å²) in [6.07, 6.45) is 6.67. The van der Waals surface area contributed by atoms with E-state index in [1.165, 1.54) is 0 Å². The molecule has 0 saturated heterocycles. The van der Waals surface area contributed by atoms with Crippen LogP contribution in [0.5, 0.6) is 0 Å². The van der Waals surface area contributed by atoms with Gasteiger partial charge in [0.05, 0.1) is 18.3 Å². The predicted octanol–water partition coefficient (Wildman–Crippen LogP) is 3.39. The molecule has 1 atom stereocenters. The number of hydrogen-bond donors (Lipinski definition) is 1. The summed E-state index contributed by atoms with van der Waals surface area (Å²) in [5, 5.41) is 3.34. The molecule has 2 aromatic carbocycles. The lowest BCUT2D eigenvalue weighted by atomic mass is 10.1. The van der Waals surface area contributed by atoms with Gasteiger partial charge in [0.15, 0.2) is 0 Å². The number of sulfonamides is 1. The average molecular weight is 447 g/mol. The van der Waals surface area contributed by atoms with Gasteiger partial charge in [0.2, 0.25) is 15.9 Å². The molecule has 3 aromatic rings. The molecule has 0 aliphatic carbocycles. The highest BCUT2D eigenvalue weighted by atomic mass is 35.5. The lowest BCUT2D eigenvalue weighted by molar-refractivity contribution is -0.122. The van der Waals surface area contributed by atoms with E-state index in [9.17, 15) is 13.2 Å². The number of rotatable bonds is 8. The highest BCUT2D eigenvalue weighted by Crippen LogP contribution is 2.24. The number of nitrogens with one attached hydrogen (secondary N) is 1. The summed E-state index contributed by atoms with van der Waals surface area (Å²) >= 11 is 5.92. The summed E-state index contributed by atoms with van der Waals surface area (Å²) < 4.78 is 27.9. The molecule has 1 aromatic heterocycles. The fourth-order valence-electron chi connectivity index (χ4n) is 3.15. The number of hydrogen-bond acceptors (Lipinski definition) is 4. The predicted molar refractivity (Wildman–Crippen MR) is 118 cm³/mol. The van der Waals surface area contributed by atoms with E-state index in [-0.39, 0.29) is 12.5 Å². The van der Waals surface area contributed by atoms with Gasteiger partial charge in [-0.2, -0.15) is 0 Å². The van der Waals surface area contributed by atoms with Crippen LogP contribution in [0.1, 0.15) is 18.9 Å². The third-order valence-electron chi connectivity index (χ3n) is 4.62. The number of benzene rings is 2. The van der Waals surface area contributed by atoms with Crippen LogP contribution in [0.15, 0.2) is 67.3 Å². The molecule has 9 heteroatoms. The van der Waals surface area contributed by atoms with Crippen molar-refractivity contribution in [2.24, 2.45) is 0 Å². The van der Waals surface area contributed by atoms with Crippen LogP contribution in [-0.4, -0.2) is 36.2 Å². The Balaban J connectivity index is 1.73. The molecule has 3 rings (SSSR count). The summed E-state index contributed by atoms with van der Waals surface area (Å²) in [4.78, 5) is 16.9. The van der Waals surface area contributed by atoms with Crippen molar-refractivity contribution in [3.63, 3.8) is 0 Å². The molecule has 0 saturated carbocycles. The second kappa shape index (κ2) is 9.32. The van der Waals surface area contributed by atoms with Crippen LogP contribution in [0.25, 0.3) is 5.69 Å². The van der Waals surface area contributed by atoms with Gasteiger partial charge in [-0.15, -0.1) is 0 Å². The molecule has 158 valence electrons. The van der Waals surface area contributed by atoms with Crippen molar-refractivity contribution in [1.29, 1.82) is 0 Å². The molecule has 1 unspecified atom stereocenters. The molecule has 7 nitrogen and oxygen atoms in total. The molecule has 0 aliphatic heterocycles. The maximum Gasteiger partial charge on any atom is 0.244 e. The van der Waals surface area contributed by atoms with Crippen molar-refractivity contribution in [2.45, 2.75) is 25.9 Å². The van der Waals surface area contributed by atoms with Crippen molar-refractivity contribution in [1.82, 2.24) is 14.9 Å². The molecular formula is C21H23ClN4O3S. The molecular weight excluding hydrogens is 424 g/mol. The maximum absolute atomic E-state index is 12.9. The van der Waals surface area contributed by atoms with Gasteiger partial charge in [0, 0.05) is 29.6 Å². The van der Waals surface area contributed by atoms with Crippen LogP contribution in [0.3, 0.4) is 0 Å². The fraction of sp³-hybridized carbons (Fsp3) is 0.238. The highest BCUT2D eigenvalue weighted by molar-refractivity contribution is 7.92. The Morgan fingerprint density at radius 1 is 1.17 bits per heavy atom. The number of nitrogens with zero attached hydrogens (tertiary/aromatic N) is 3. The largest absolute Gasteiger partial charge is 0.350 e. The lowest BCUT2D eigenvalue weighted by Crippen LogP contribution is -2.49. The summed E-state index contributed by atoms with van der Waals surface area (Å²) in [7, 11) is -3.68. The number of anilines is 1. The number of imidazole rings is 1. The zero-order chi connectivity index (χ0) is 21.7. The van der Waals surface area contributed by atoms with E-state index in [0.29, 0.717) is 17.1 Å². The average Bonchev–Trinajstić information content (AvgIpc) is 3.25. The molecule has 1 N–H and O–H groups in total. The number of amides is 1. The second-order valence-corrected chi connectivity index (χ2v) is 9.11. The van der Waals surface area contributed by atoms with E-state index in [0.717, 1.165) is 21.8 Å². The zero-order valence-electron chi connectivity index (χ0n) is 16.7. The van der Waals surface area contributed by atoms with E-state index in [1.54, 1.807) is 43.7 Å². The number of halogens is 1. The van der Waals surface area contributed by atoms with Crippen molar-refractivity contribution < 1.29 is 13.2 Å². The minimum Gasteiger partial charge on any atom is -0.350 e. The quantitative estimate of drug-likeness (QED) is 0.574. The van der Waals surface area contributed by atoms with E-state index in [1.807, 2.05) is 35.0 Å². The van der Waals surface area contributed by atoms with Crippen LogP contribution in [0.2, 0.25) is 5.02 Å². The number of carbonyl (C=O) groups is 1. The summed E-state index contributed by atoms with van der Waals surface area (Å²) in [5.74, 6) is -0.364. The van der Waals surface area contributed by atoms with Gasteiger partial charge in [-0.1, -0.05) is 30.7 Å². The highest BCUT2D eigenvalue weighted by Gasteiger charge is 2.31. The molecule has 0 fully saturated rings. The second-order valence-electron chi connectivity index (χ2n) is 6.81. The SMILES string of the molecule is CCC(C(=O)NCc1ccc(-n2ccnc2)cc1)N(c1ccc(Cl)cc1)S(C)(=O)=O. The van der Waals surface area contributed by atoms with E-state index in [4.69, 9.17) is 11.6 Å². The Kier molecular flexibility index (Phi) is 6.79. The molecule has 0 aliphatic rings. The van der Waals surface area contributed by atoms with E-state index in [2.05, 4.69) is 10.3 Å². The fourth-order valence-corrected chi connectivity index (χ4v) is 4.49. The van der Waals surface area contributed by atoms with E-state index < -0.39 is 16.1 Å². The van der Waals surface area contributed by atoms with Gasteiger partial charge < -0.3 is 9.88 Å². The van der Waals surface area contributed by atoms with E-state index >= 15 is 0 Å². The first-order valence-electron chi connectivity index (χ1n) is 9.39. The van der Waals surface area contributed by atoms with Crippen molar-refractivity contribution in [3.05, 3.63) is 77.8 Å². The normalized spacial score (nSPS) is 12.4. The van der Waals surface area contributed by atoms with Crippen LogP contribution in [0, 0.1) is 0 Å². The topological polar surface area (TPSA) is 84.3 Å². The van der Waals surface area contributed by atoms with Gasteiger partial charge in [0.1, 0.15) is 6.04 Å². The van der Waals surface area contributed by atoms with Crippen LogP contribution >= 0.6 is 11.6 Å². The molecule has 1 heterocycles. The summed E-state index contributed by atoms with van der Waals surface area (Å²) in [5.41, 5.74) is 2.26. The minimum absolute atomic E-state index is 0.289. The first-order chi connectivity index (χ1) is 14.3. The van der Waals surface area contributed by atoms with Crippen molar-refractivity contribution in [2.75, 3.05) is 10.6 Å². The Bertz CT molecular complexity index is 1080. The Morgan fingerprint density at radius 3 is 2.37 bits per heavy atom. The Hall–Kier alpha value is -2.84. The lowest BCUT2D eigenvalue weighted by Gasteiger charge is -2.30. The van der Waals surface area contributed by atoms with Crippen molar-refractivity contribution >= 4 is 33.2 Å². The van der Waals surface area contributed by atoms with Crippen LogP contribution in [0.4, 0.5) is 5.69 Å². The van der Waals surface area contributed by atoms with Crippen molar-refractivity contribution in [3.8, 4) is 5.69 Å². The Morgan fingerprint density at radius 2 is 1.83 bits per heavy atom. The van der Waals surface area contributed by atoms with Crippen LogP contribution < -0.4 is 9.62 Å². The van der Waals surface area contributed by atoms with Gasteiger partial charge in [-0.05, 0) is 48.4 Å². The molecule has 1 amide bonds. The Labute approximate surface area is 181 Å². The first kappa shape index (κ1) is 21.9. The van der Waals surface area contributed by atoms with Crippen LogP contribution in [-0.2, 0) is 21.4 Å². The summed E-state index contributed by atoms with van der Waals surface area (Å²) in [6.45, 7) is 2.07. The molecule has 0 bridgehead atoms. The standard InChI is InChI=1S/C21H23ClN4O3S/c1-3-20(26(30(2,28)29)19-10-6-17(22)7-11-19)21(27)24-14-16-4-8-18(9-5-16)25-13-12-23-15-25/h4-13,15,20H,3,14H2,1-2H3,(H,24,27). The molecule has 0 spiro atoms. The first-order valence-corrected chi connectivity index (χ1v) is 11.6. The monoisotopic (exact) mass is 446 g/mol. The molecule has 30 heavy (non-hydrogen) atoms. The van der Waals surface area contributed by atoms with Gasteiger partial charge in [-0.3, -0.25) is 9.10 Å². The zero-order valence-corrected chi connectivity index (χ0v) is 18.3. The minimum atomic E-state index is -3.68. The third-order valence-corrected chi connectivity index (χ3v) is 6.05. The van der Waals surface area contributed by atoms with Gasteiger partial charge in [0.25, 0.3) is 0 Å². The summed E-state index contributed by atoms with van der Waals surface area (Å²) in [6, 6.07) is 13.2. The van der Waals surface area contributed by atoms with Gasteiger partial charge in [-0.25, -0.2) is 13.4 Å². The van der Waals surface area contributed by atoms with Gasteiger partial charge >= 0.3 is 0 Å². The third kappa shape index (κ3) is 5.20. The maximum atomic E-state index is 12.9. The molecule has 0 radical (unpaired) electrons. The smallest absolute Gasteiger partial charge is 0.244 e.